The highest BCUT2D eigenvalue weighted by Crippen LogP contribution is 2.26. The fraction of sp³-hybridized carbons (Fsp3) is 0.222. The average molecular weight is 426 g/mol. The van der Waals surface area contributed by atoms with Crippen LogP contribution in [0.2, 0.25) is 5.02 Å². The van der Waals surface area contributed by atoms with Crippen LogP contribution in [0.25, 0.3) is 0 Å². The van der Waals surface area contributed by atoms with Crippen LogP contribution in [0.15, 0.2) is 53.4 Å². The Kier molecular flexibility index (Phi) is 5.97. The molecule has 3 rings (SSSR count). The first-order valence-electron chi connectivity index (χ1n) is 8.42. The van der Waals surface area contributed by atoms with Crippen LogP contribution in [0.1, 0.15) is 23.2 Å². The summed E-state index contributed by atoms with van der Waals surface area (Å²) in [6, 6.07) is 9.48. The SMILES string of the molecule is O=C(NNC(=O)[C@@H]1CCCN1S(=O)(=O)c1ccc(F)cc1)c1ccc(Cl)cc1. The maximum absolute atomic E-state index is 13.1. The van der Waals surface area contributed by atoms with Crippen molar-refractivity contribution in [2.24, 2.45) is 0 Å². The Morgan fingerprint density at radius 3 is 2.32 bits per heavy atom. The molecule has 0 spiro atoms. The van der Waals surface area contributed by atoms with Gasteiger partial charge in [0.05, 0.1) is 4.90 Å². The number of hydrazine groups is 1. The van der Waals surface area contributed by atoms with Gasteiger partial charge in [-0.25, -0.2) is 12.8 Å². The summed E-state index contributed by atoms with van der Waals surface area (Å²) < 4.78 is 39.7. The van der Waals surface area contributed by atoms with Gasteiger partial charge in [-0.2, -0.15) is 4.31 Å². The number of benzene rings is 2. The van der Waals surface area contributed by atoms with Crippen molar-refractivity contribution in [2.75, 3.05) is 6.54 Å². The van der Waals surface area contributed by atoms with Gasteiger partial charge in [0, 0.05) is 17.1 Å². The van der Waals surface area contributed by atoms with E-state index in [0.29, 0.717) is 17.9 Å². The highest BCUT2D eigenvalue weighted by Gasteiger charge is 2.39. The standard InChI is InChI=1S/C18H17ClFN3O4S/c19-13-5-3-12(4-6-13)17(24)21-22-18(25)16-2-1-11-23(16)28(26,27)15-9-7-14(20)8-10-15/h3-10,16H,1-2,11H2,(H,21,24)(H,22,25)/t16-/m0/s1. The van der Waals surface area contributed by atoms with Crippen molar-refractivity contribution < 1.29 is 22.4 Å². The van der Waals surface area contributed by atoms with Gasteiger partial charge < -0.3 is 0 Å². The zero-order chi connectivity index (χ0) is 20.3. The second kappa shape index (κ2) is 8.26. The molecular weight excluding hydrogens is 409 g/mol. The first-order valence-corrected chi connectivity index (χ1v) is 10.2. The molecular formula is C18H17ClFN3O4S. The third-order valence-corrected chi connectivity index (χ3v) is 6.51. The minimum absolute atomic E-state index is 0.0983. The van der Waals surface area contributed by atoms with Crippen molar-refractivity contribution in [3.63, 3.8) is 0 Å². The molecule has 1 atom stereocenters. The van der Waals surface area contributed by atoms with E-state index in [1.54, 1.807) is 0 Å². The number of carbonyl (C=O) groups is 2. The van der Waals surface area contributed by atoms with Crippen LogP contribution >= 0.6 is 11.6 Å². The molecule has 1 saturated heterocycles. The summed E-state index contributed by atoms with van der Waals surface area (Å²) in [5.74, 6) is -1.76. The lowest BCUT2D eigenvalue weighted by Crippen LogP contribution is -2.51. The molecule has 2 aromatic carbocycles. The zero-order valence-corrected chi connectivity index (χ0v) is 16.1. The van der Waals surface area contributed by atoms with E-state index < -0.39 is 33.7 Å². The van der Waals surface area contributed by atoms with E-state index in [2.05, 4.69) is 10.9 Å². The summed E-state index contributed by atoms with van der Waals surface area (Å²) in [6.07, 6.45) is 0.798. The molecule has 0 unspecified atom stereocenters. The lowest BCUT2D eigenvalue weighted by molar-refractivity contribution is -0.125. The van der Waals surface area contributed by atoms with E-state index >= 15 is 0 Å². The highest BCUT2D eigenvalue weighted by atomic mass is 35.5. The van der Waals surface area contributed by atoms with Gasteiger partial charge >= 0.3 is 0 Å². The third kappa shape index (κ3) is 4.32. The normalized spacial score (nSPS) is 17.3. The number of halogens is 2. The second-order valence-corrected chi connectivity index (χ2v) is 8.50. The third-order valence-electron chi connectivity index (χ3n) is 4.33. The Labute approximate surface area is 166 Å². The smallest absolute Gasteiger partial charge is 0.269 e. The largest absolute Gasteiger partial charge is 0.271 e. The number of hydrogen-bond donors (Lipinski definition) is 2. The lowest BCUT2D eigenvalue weighted by atomic mass is 10.2. The van der Waals surface area contributed by atoms with Crippen molar-refractivity contribution in [1.29, 1.82) is 0 Å². The Balaban J connectivity index is 1.68. The molecule has 2 N–H and O–H groups in total. The summed E-state index contributed by atoms with van der Waals surface area (Å²) in [6.45, 7) is 0.156. The Hall–Kier alpha value is -2.49. The van der Waals surface area contributed by atoms with Crippen LogP contribution in [0.3, 0.4) is 0 Å². The molecule has 2 amide bonds. The topological polar surface area (TPSA) is 95.6 Å². The van der Waals surface area contributed by atoms with Crippen molar-refractivity contribution in [3.8, 4) is 0 Å². The van der Waals surface area contributed by atoms with Crippen molar-refractivity contribution in [2.45, 2.75) is 23.8 Å². The van der Waals surface area contributed by atoms with E-state index in [1.807, 2.05) is 0 Å². The molecule has 1 fully saturated rings. The predicted octanol–water partition coefficient (Wildman–Crippen LogP) is 2.09. The quantitative estimate of drug-likeness (QED) is 0.733. The van der Waals surface area contributed by atoms with Crippen molar-refractivity contribution >= 4 is 33.4 Å². The maximum atomic E-state index is 13.1. The van der Waals surface area contributed by atoms with Gasteiger partial charge in [0.2, 0.25) is 10.0 Å². The minimum Gasteiger partial charge on any atom is -0.271 e. The fourth-order valence-electron chi connectivity index (χ4n) is 2.91. The summed E-state index contributed by atoms with van der Waals surface area (Å²) in [4.78, 5) is 24.4. The molecule has 1 heterocycles. The van der Waals surface area contributed by atoms with Crippen LogP contribution in [-0.2, 0) is 14.8 Å². The fourth-order valence-corrected chi connectivity index (χ4v) is 4.69. The summed E-state index contributed by atoms with van der Waals surface area (Å²) in [5.41, 5.74) is 4.81. The molecule has 10 heteroatoms. The average Bonchev–Trinajstić information content (AvgIpc) is 3.17. The summed E-state index contributed by atoms with van der Waals surface area (Å²) in [7, 11) is -3.97. The van der Waals surface area contributed by atoms with E-state index in [9.17, 15) is 22.4 Å². The van der Waals surface area contributed by atoms with Gasteiger partial charge in [0.15, 0.2) is 0 Å². The number of amides is 2. The Bertz CT molecular complexity index is 981. The molecule has 1 aliphatic heterocycles. The van der Waals surface area contributed by atoms with E-state index in [4.69, 9.17) is 11.6 Å². The van der Waals surface area contributed by atoms with Crippen LogP contribution < -0.4 is 10.9 Å². The van der Waals surface area contributed by atoms with E-state index in [0.717, 1.165) is 28.6 Å². The predicted molar refractivity (Wildman–Crippen MR) is 100 cm³/mol. The molecule has 2 aromatic rings. The number of rotatable bonds is 4. The summed E-state index contributed by atoms with van der Waals surface area (Å²) >= 11 is 5.76. The first kappa shape index (κ1) is 20.2. The van der Waals surface area contributed by atoms with Crippen LogP contribution in [-0.4, -0.2) is 37.1 Å². The molecule has 28 heavy (non-hydrogen) atoms. The Morgan fingerprint density at radius 2 is 1.68 bits per heavy atom. The number of nitrogens with zero attached hydrogens (tertiary/aromatic N) is 1. The van der Waals surface area contributed by atoms with Crippen molar-refractivity contribution in [3.05, 3.63) is 64.9 Å². The van der Waals surface area contributed by atoms with Gasteiger partial charge in [-0.05, 0) is 61.4 Å². The first-order chi connectivity index (χ1) is 13.3. The van der Waals surface area contributed by atoms with Gasteiger partial charge in [-0.15, -0.1) is 0 Å². The molecule has 0 aliphatic carbocycles. The van der Waals surface area contributed by atoms with Crippen LogP contribution in [0.4, 0.5) is 4.39 Å². The zero-order valence-electron chi connectivity index (χ0n) is 14.6. The Morgan fingerprint density at radius 1 is 1.04 bits per heavy atom. The van der Waals surface area contributed by atoms with Gasteiger partial charge in [0.25, 0.3) is 11.8 Å². The number of carbonyl (C=O) groups excluding carboxylic acids is 2. The number of sulfonamides is 1. The molecule has 7 nitrogen and oxygen atoms in total. The molecule has 0 saturated carbocycles. The van der Waals surface area contributed by atoms with Crippen LogP contribution in [0, 0.1) is 5.82 Å². The summed E-state index contributed by atoms with van der Waals surface area (Å²) in [5, 5.41) is 0.466. The lowest BCUT2D eigenvalue weighted by Gasteiger charge is -2.23. The number of hydrogen-bond acceptors (Lipinski definition) is 4. The molecule has 0 bridgehead atoms. The monoisotopic (exact) mass is 425 g/mol. The number of nitrogens with one attached hydrogen (secondary N) is 2. The minimum atomic E-state index is -3.97. The molecule has 1 aliphatic rings. The van der Waals surface area contributed by atoms with Gasteiger partial charge in [-0.3, -0.25) is 20.4 Å². The van der Waals surface area contributed by atoms with E-state index in [1.165, 1.54) is 24.3 Å². The molecule has 0 radical (unpaired) electrons. The van der Waals surface area contributed by atoms with Crippen molar-refractivity contribution in [1.82, 2.24) is 15.2 Å². The second-order valence-electron chi connectivity index (χ2n) is 6.18. The maximum Gasteiger partial charge on any atom is 0.269 e. The highest BCUT2D eigenvalue weighted by molar-refractivity contribution is 7.89. The van der Waals surface area contributed by atoms with E-state index in [-0.39, 0.29) is 17.0 Å². The van der Waals surface area contributed by atoms with Gasteiger partial charge in [0.1, 0.15) is 11.9 Å². The van der Waals surface area contributed by atoms with Crippen LogP contribution in [0.5, 0.6) is 0 Å². The molecule has 148 valence electrons. The molecule has 0 aromatic heterocycles. The van der Waals surface area contributed by atoms with Gasteiger partial charge in [-0.1, -0.05) is 11.6 Å².